The predicted octanol–water partition coefficient (Wildman–Crippen LogP) is 5.06. The van der Waals surface area contributed by atoms with Gasteiger partial charge in [-0.2, -0.15) is 0 Å². The lowest BCUT2D eigenvalue weighted by Crippen LogP contribution is -2.30. The van der Waals surface area contributed by atoms with E-state index in [4.69, 9.17) is 28.2 Å². The number of hydrogen-bond donors (Lipinski definition) is 2. The van der Waals surface area contributed by atoms with Gasteiger partial charge in [0.15, 0.2) is 5.11 Å². The van der Waals surface area contributed by atoms with Crippen molar-refractivity contribution >= 4 is 34.6 Å². The predicted molar refractivity (Wildman–Crippen MR) is 123 cm³/mol. The lowest BCUT2D eigenvalue weighted by atomic mass is 10.0. The lowest BCUT2D eigenvalue weighted by Gasteiger charge is -2.29. The van der Waals surface area contributed by atoms with Gasteiger partial charge in [0.1, 0.15) is 17.6 Å². The minimum Gasteiger partial charge on any atom is -0.506 e. The molecule has 1 aliphatic heterocycles. The van der Waals surface area contributed by atoms with E-state index in [2.05, 4.69) is 14.9 Å². The van der Waals surface area contributed by atoms with E-state index in [9.17, 15) is 5.11 Å². The Hall–Kier alpha value is -3.29. The molecular formula is C23H19ClN4O2S. The highest BCUT2D eigenvalue weighted by Gasteiger charge is 2.43. The first-order valence-electron chi connectivity index (χ1n) is 9.78. The summed E-state index contributed by atoms with van der Waals surface area (Å²) in [7, 11) is 0. The minimum absolute atomic E-state index is 0.101. The van der Waals surface area contributed by atoms with E-state index >= 15 is 0 Å². The number of hydrogen-bond acceptors (Lipinski definition) is 4. The first-order chi connectivity index (χ1) is 15.1. The molecular weight excluding hydrogens is 432 g/mol. The van der Waals surface area contributed by atoms with Crippen molar-refractivity contribution in [1.82, 2.24) is 14.9 Å². The zero-order chi connectivity index (χ0) is 21.4. The molecule has 1 saturated heterocycles. The summed E-state index contributed by atoms with van der Waals surface area (Å²) in [5.41, 5.74) is 2.39. The molecule has 8 heteroatoms. The second-order valence-electron chi connectivity index (χ2n) is 7.27. The fourth-order valence-corrected chi connectivity index (χ4v) is 4.52. The molecule has 0 radical (unpaired) electrons. The molecule has 1 aliphatic rings. The third-order valence-electron chi connectivity index (χ3n) is 5.37. The molecule has 31 heavy (non-hydrogen) atoms. The third kappa shape index (κ3) is 3.66. The van der Waals surface area contributed by atoms with Crippen LogP contribution in [0.2, 0.25) is 5.02 Å². The van der Waals surface area contributed by atoms with Crippen molar-refractivity contribution in [3.63, 3.8) is 0 Å². The average molecular weight is 451 g/mol. The van der Waals surface area contributed by atoms with Crippen LogP contribution in [0.5, 0.6) is 5.75 Å². The standard InChI is InChI=1S/C23H19ClN4O2S/c24-15-8-9-20(29)19(13-15)28-22(21(26-23(28)31)17-6-1-2-10-25-17)18-7-3-11-27(18)14-16-5-4-12-30-16/h1-13,21-22,29H,14H2,(H,26,31)/t21-,22+/m1/s1. The smallest absolute Gasteiger partial charge is 0.174 e. The van der Waals surface area contributed by atoms with Gasteiger partial charge in [-0.3, -0.25) is 4.98 Å². The van der Waals surface area contributed by atoms with Crippen molar-refractivity contribution in [2.45, 2.75) is 18.6 Å². The minimum atomic E-state index is -0.267. The first kappa shape index (κ1) is 19.7. The number of halogens is 1. The Morgan fingerprint density at radius 3 is 2.81 bits per heavy atom. The van der Waals surface area contributed by atoms with Crippen LogP contribution < -0.4 is 10.2 Å². The van der Waals surface area contributed by atoms with Crippen LogP contribution in [0, 0.1) is 0 Å². The van der Waals surface area contributed by atoms with Gasteiger partial charge in [0, 0.05) is 23.1 Å². The number of thiocarbonyl (C=S) groups is 1. The number of nitrogens with one attached hydrogen (secondary N) is 1. The summed E-state index contributed by atoms with van der Waals surface area (Å²) >= 11 is 12.0. The maximum Gasteiger partial charge on any atom is 0.174 e. The van der Waals surface area contributed by atoms with Gasteiger partial charge in [0.25, 0.3) is 0 Å². The molecule has 2 atom stereocenters. The van der Waals surface area contributed by atoms with Crippen molar-refractivity contribution in [2.75, 3.05) is 4.90 Å². The SMILES string of the molecule is Oc1ccc(Cl)cc1N1C(=S)N[C@H](c2ccccn2)[C@@H]1c1cccn1Cc1ccco1. The van der Waals surface area contributed by atoms with Crippen LogP contribution in [-0.2, 0) is 6.54 Å². The quantitative estimate of drug-likeness (QED) is 0.414. The number of aromatic nitrogens is 2. The number of furan rings is 1. The summed E-state index contributed by atoms with van der Waals surface area (Å²) in [6.45, 7) is 0.572. The maximum atomic E-state index is 10.6. The average Bonchev–Trinajstić information content (AvgIpc) is 3.51. The van der Waals surface area contributed by atoms with Crippen LogP contribution in [0.25, 0.3) is 0 Å². The van der Waals surface area contributed by atoms with Crippen molar-refractivity contribution in [1.29, 1.82) is 0 Å². The summed E-state index contributed by atoms with van der Waals surface area (Å²) < 4.78 is 7.67. The van der Waals surface area contributed by atoms with Gasteiger partial charge in [-0.1, -0.05) is 17.7 Å². The van der Waals surface area contributed by atoms with Gasteiger partial charge in [-0.15, -0.1) is 0 Å². The van der Waals surface area contributed by atoms with E-state index in [1.54, 1.807) is 30.7 Å². The second-order valence-corrected chi connectivity index (χ2v) is 8.09. The first-order valence-corrected chi connectivity index (χ1v) is 10.6. The van der Waals surface area contributed by atoms with Crippen LogP contribution in [0.4, 0.5) is 5.69 Å². The number of aromatic hydroxyl groups is 1. The fraction of sp³-hybridized carbons (Fsp3) is 0.130. The Morgan fingerprint density at radius 1 is 1.13 bits per heavy atom. The number of nitrogens with zero attached hydrogens (tertiary/aromatic N) is 3. The van der Waals surface area contributed by atoms with Crippen molar-refractivity contribution in [3.05, 3.63) is 101 Å². The van der Waals surface area contributed by atoms with E-state index in [0.29, 0.717) is 22.4 Å². The third-order valence-corrected chi connectivity index (χ3v) is 5.92. The number of rotatable bonds is 5. The van der Waals surface area contributed by atoms with Crippen LogP contribution in [-0.4, -0.2) is 19.8 Å². The van der Waals surface area contributed by atoms with E-state index in [0.717, 1.165) is 17.1 Å². The van der Waals surface area contributed by atoms with Crippen LogP contribution >= 0.6 is 23.8 Å². The molecule has 0 aliphatic carbocycles. The molecule has 0 unspecified atom stereocenters. The number of anilines is 1. The Labute approximate surface area is 189 Å². The number of phenols is 1. The zero-order valence-corrected chi connectivity index (χ0v) is 17.9. The highest BCUT2D eigenvalue weighted by atomic mass is 35.5. The Kier molecular flexibility index (Phi) is 5.13. The molecule has 4 heterocycles. The zero-order valence-electron chi connectivity index (χ0n) is 16.4. The number of benzene rings is 1. The lowest BCUT2D eigenvalue weighted by molar-refractivity contribution is 0.465. The molecule has 3 aromatic heterocycles. The number of pyridine rings is 1. The summed E-state index contributed by atoms with van der Waals surface area (Å²) in [5, 5.41) is 15.0. The van der Waals surface area contributed by atoms with Gasteiger partial charge in [0.2, 0.25) is 0 Å². The molecule has 4 aromatic rings. The fourth-order valence-electron chi connectivity index (χ4n) is 4.01. The van der Waals surface area contributed by atoms with E-state index < -0.39 is 0 Å². The van der Waals surface area contributed by atoms with E-state index in [1.807, 2.05) is 53.6 Å². The Morgan fingerprint density at radius 2 is 2.03 bits per heavy atom. The molecule has 6 nitrogen and oxygen atoms in total. The van der Waals surface area contributed by atoms with Gasteiger partial charge in [-0.25, -0.2) is 0 Å². The topological polar surface area (TPSA) is 66.5 Å². The van der Waals surface area contributed by atoms with Gasteiger partial charge in [0.05, 0.1) is 30.2 Å². The van der Waals surface area contributed by atoms with Crippen molar-refractivity contribution in [2.24, 2.45) is 0 Å². The summed E-state index contributed by atoms with van der Waals surface area (Å²) in [5.74, 6) is 0.946. The summed E-state index contributed by atoms with van der Waals surface area (Å²) in [6.07, 6.45) is 5.43. The van der Waals surface area contributed by atoms with Crippen LogP contribution in [0.1, 0.15) is 29.2 Å². The normalized spacial score (nSPS) is 18.4. The highest BCUT2D eigenvalue weighted by molar-refractivity contribution is 7.80. The maximum absolute atomic E-state index is 10.6. The van der Waals surface area contributed by atoms with E-state index in [1.165, 1.54) is 0 Å². The second kappa shape index (κ2) is 8.09. The monoisotopic (exact) mass is 450 g/mol. The number of phenolic OH excluding ortho intramolecular Hbond substituents is 1. The molecule has 1 fully saturated rings. The molecule has 0 saturated carbocycles. The van der Waals surface area contributed by atoms with Gasteiger partial charge in [-0.05, 0) is 66.8 Å². The van der Waals surface area contributed by atoms with Gasteiger partial charge >= 0.3 is 0 Å². The molecule has 0 bridgehead atoms. The molecule has 0 spiro atoms. The molecule has 5 rings (SSSR count). The molecule has 1 aromatic carbocycles. The van der Waals surface area contributed by atoms with Crippen molar-refractivity contribution < 1.29 is 9.52 Å². The summed E-state index contributed by atoms with van der Waals surface area (Å²) in [4.78, 5) is 6.47. The van der Waals surface area contributed by atoms with E-state index in [-0.39, 0.29) is 17.8 Å². The summed E-state index contributed by atoms with van der Waals surface area (Å²) in [6, 6.07) is 18.1. The van der Waals surface area contributed by atoms with Crippen LogP contribution in [0.15, 0.2) is 83.7 Å². The Balaban J connectivity index is 1.64. The largest absolute Gasteiger partial charge is 0.506 e. The van der Waals surface area contributed by atoms with Crippen molar-refractivity contribution in [3.8, 4) is 5.75 Å². The molecule has 156 valence electrons. The highest BCUT2D eigenvalue weighted by Crippen LogP contribution is 2.45. The van der Waals surface area contributed by atoms with Gasteiger partial charge < -0.3 is 24.3 Å². The molecule has 2 N–H and O–H groups in total. The Bertz CT molecular complexity index is 1210. The molecule has 0 amide bonds. The van der Waals surface area contributed by atoms with Crippen LogP contribution in [0.3, 0.4) is 0 Å².